The number of rotatable bonds is 4. The van der Waals surface area contributed by atoms with Crippen molar-refractivity contribution >= 4 is 37.5 Å². The van der Waals surface area contributed by atoms with E-state index in [1.165, 1.54) is 12.1 Å². The van der Waals surface area contributed by atoms with Gasteiger partial charge in [-0.2, -0.15) is 4.31 Å². The van der Waals surface area contributed by atoms with E-state index in [4.69, 9.17) is 0 Å². The number of amides is 1. The SMILES string of the molecule is Cc1cc(NC(=O)c2ccc(S(=O)(=O)N3CCCCCC3)cc2)ccc1Br. The molecule has 2 aromatic rings. The van der Waals surface area contributed by atoms with Gasteiger partial charge in [0, 0.05) is 28.8 Å². The Morgan fingerprint density at radius 1 is 1.00 bits per heavy atom. The Balaban J connectivity index is 1.74. The van der Waals surface area contributed by atoms with Crippen LogP contribution in [0.1, 0.15) is 41.6 Å². The first-order chi connectivity index (χ1) is 12.9. The first-order valence-electron chi connectivity index (χ1n) is 9.05. The number of anilines is 1. The number of carbonyl (C=O) groups is 1. The van der Waals surface area contributed by atoms with Gasteiger partial charge < -0.3 is 5.32 Å². The summed E-state index contributed by atoms with van der Waals surface area (Å²) in [6, 6.07) is 11.7. The zero-order valence-corrected chi connectivity index (χ0v) is 17.6. The van der Waals surface area contributed by atoms with Crippen molar-refractivity contribution < 1.29 is 13.2 Å². The highest BCUT2D eigenvalue weighted by atomic mass is 79.9. The minimum atomic E-state index is -3.50. The van der Waals surface area contributed by atoms with Crippen molar-refractivity contribution in [2.24, 2.45) is 0 Å². The predicted octanol–water partition coefficient (Wildman–Crippen LogP) is 4.57. The van der Waals surface area contributed by atoms with E-state index in [-0.39, 0.29) is 10.8 Å². The first-order valence-corrected chi connectivity index (χ1v) is 11.3. The van der Waals surface area contributed by atoms with Crippen molar-refractivity contribution in [1.82, 2.24) is 4.31 Å². The van der Waals surface area contributed by atoms with Crippen LogP contribution in [-0.4, -0.2) is 31.7 Å². The van der Waals surface area contributed by atoms with E-state index in [0.29, 0.717) is 24.3 Å². The Kier molecular flexibility index (Phi) is 6.34. The number of aryl methyl sites for hydroxylation is 1. The van der Waals surface area contributed by atoms with E-state index in [1.807, 2.05) is 25.1 Å². The fraction of sp³-hybridized carbons (Fsp3) is 0.350. The molecule has 1 fully saturated rings. The molecular weight excluding hydrogens is 428 g/mol. The molecule has 0 radical (unpaired) electrons. The molecule has 5 nitrogen and oxygen atoms in total. The van der Waals surface area contributed by atoms with Crippen LogP contribution in [0.4, 0.5) is 5.69 Å². The van der Waals surface area contributed by atoms with E-state index < -0.39 is 10.0 Å². The Hall–Kier alpha value is -1.70. The van der Waals surface area contributed by atoms with Gasteiger partial charge in [0.15, 0.2) is 0 Å². The van der Waals surface area contributed by atoms with Crippen LogP contribution in [0.2, 0.25) is 0 Å². The van der Waals surface area contributed by atoms with Gasteiger partial charge in [-0.05, 0) is 67.8 Å². The van der Waals surface area contributed by atoms with Crippen molar-refractivity contribution in [1.29, 1.82) is 0 Å². The van der Waals surface area contributed by atoms with E-state index in [1.54, 1.807) is 16.4 Å². The molecule has 1 aliphatic rings. The molecule has 144 valence electrons. The molecule has 1 aliphatic heterocycles. The quantitative estimate of drug-likeness (QED) is 0.741. The van der Waals surface area contributed by atoms with Gasteiger partial charge in [0.2, 0.25) is 10.0 Å². The summed E-state index contributed by atoms with van der Waals surface area (Å²) < 4.78 is 28.1. The van der Waals surface area contributed by atoms with E-state index in [9.17, 15) is 13.2 Å². The monoisotopic (exact) mass is 450 g/mol. The Morgan fingerprint density at radius 2 is 1.63 bits per heavy atom. The molecule has 1 saturated heterocycles. The second kappa shape index (κ2) is 8.54. The van der Waals surface area contributed by atoms with E-state index in [2.05, 4.69) is 21.2 Å². The molecule has 3 rings (SSSR count). The summed E-state index contributed by atoms with van der Waals surface area (Å²) in [6.07, 6.45) is 3.93. The van der Waals surface area contributed by atoms with Crippen molar-refractivity contribution in [3.8, 4) is 0 Å². The van der Waals surface area contributed by atoms with Crippen LogP contribution in [-0.2, 0) is 10.0 Å². The van der Waals surface area contributed by atoms with Gasteiger partial charge in [-0.15, -0.1) is 0 Å². The number of hydrogen-bond donors (Lipinski definition) is 1. The second-order valence-electron chi connectivity index (χ2n) is 6.76. The van der Waals surface area contributed by atoms with Crippen LogP contribution in [0.25, 0.3) is 0 Å². The summed E-state index contributed by atoms with van der Waals surface area (Å²) in [7, 11) is -3.50. The molecule has 0 aromatic heterocycles. The fourth-order valence-corrected chi connectivity index (χ4v) is 4.90. The van der Waals surface area contributed by atoms with Crippen molar-refractivity contribution in [3.05, 3.63) is 58.1 Å². The molecule has 1 amide bonds. The Labute approximate surface area is 169 Å². The number of hydrogen-bond acceptors (Lipinski definition) is 3. The molecule has 0 atom stereocenters. The van der Waals surface area contributed by atoms with Gasteiger partial charge in [-0.1, -0.05) is 28.8 Å². The van der Waals surface area contributed by atoms with Gasteiger partial charge >= 0.3 is 0 Å². The maximum Gasteiger partial charge on any atom is 0.255 e. The molecule has 0 bridgehead atoms. The fourth-order valence-electron chi connectivity index (χ4n) is 3.14. The number of halogens is 1. The van der Waals surface area contributed by atoms with Gasteiger partial charge in [0.05, 0.1) is 4.90 Å². The lowest BCUT2D eigenvalue weighted by Crippen LogP contribution is -2.31. The van der Waals surface area contributed by atoms with Crippen LogP contribution in [0.5, 0.6) is 0 Å². The molecule has 0 unspecified atom stereocenters. The largest absolute Gasteiger partial charge is 0.322 e. The van der Waals surface area contributed by atoms with Crippen LogP contribution in [0.3, 0.4) is 0 Å². The van der Waals surface area contributed by atoms with Crippen molar-refractivity contribution in [2.45, 2.75) is 37.5 Å². The lowest BCUT2D eigenvalue weighted by atomic mass is 10.2. The summed E-state index contributed by atoms with van der Waals surface area (Å²) in [5.74, 6) is -0.268. The standard InChI is InChI=1S/C20H23BrN2O3S/c1-15-14-17(8-11-19(15)21)22-20(24)16-6-9-18(10-7-16)27(25,26)23-12-4-2-3-5-13-23/h6-11,14H,2-5,12-13H2,1H3,(H,22,24). The molecule has 1 N–H and O–H groups in total. The van der Waals surface area contributed by atoms with Crippen LogP contribution < -0.4 is 5.32 Å². The highest BCUT2D eigenvalue weighted by Crippen LogP contribution is 2.22. The summed E-state index contributed by atoms with van der Waals surface area (Å²) in [6.45, 7) is 3.07. The summed E-state index contributed by atoms with van der Waals surface area (Å²) >= 11 is 3.43. The molecule has 0 spiro atoms. The lowest BCUT2D eigenvalue weighted by Gasteiger charge is -2.20. The van der Waals surface area contributed by atoms with E-state index in [0.717, 1.165) is 35.7 Å². The number of sulfonamides is 1. The maximum atomic E-state index is 12.8. The number of nitrogens with zero attached hydrogens (tertiary/aromatic N) is 1. The normalized spacial score (nSPS) is 15.9. The third kappa shape index (κ3) is 4.78. The highest BCUT2D eigenvalue weighted by Gasteiger charge is 2.25. The third-order valence-electron chi connectivity index (χ3n) is 4.74. The number of nitrogens with one attached hydrogen (secondary N) is 1. The lowest BCUT2D eigenvalue weighted by molar-refractivity contribution is 0.102. The molecule has 7 heteroatoms. The third-order valence-corrected chi connectivity index (χ3v) is 7.54. The van der Waals surface area contributed by atoms with E-state index >= 15 is 0 Å². The summed E-state index contributed by atoms with van der Waals surface area (Å²) in [5.41, 5.74) is 2.14. The highest BCUT2D eigenvalue weighted by molar-refractivity contribution is 9.10. The van der Waals surface area contributed by atoms with Crippen LogP contribution >= 0.6 is 15.9 Å². The zero-order valence-electron chi connectivity index (χ0n) is 15.2. The molecular formula is C20H23BrN2O3S. The number of carbonyl (C=O) groups excluding carboxylic acids is 1. The minimum absolute atomic E-state index is 0.237. The minimum Gasteiger partial charge on any atom is -0.322 e. The van der Waals surface area contributed by atoms with Gasteiger partial charge in [-0.25, -0.2) is 8.42 Å². The topological polar surface area (TPSA) is 66.5 Å². The smallest absolute Gasteiger partial charge is 0.255 e. The average molecular weight is 451 g/mol. The van der Waals surface area contributed by atoms with Crippen LogP contribution in [0.15, 0.2) is 51.8 Å². The average Bonchev–Trinajstić information content (AvgIpc) is 2.95. The van der Waals surface area contributed by atoms with Gasteiger partial charge in [0.1, 0.15) is 0 Å². The molecule has 1 heterocycles. The second-order valence-corrected chi connectivity index (χ2v) is 9.55. The number of benzene rings is 2. The van der Waals surface area contributed by atoms with Gasteiger partial charge in [0.25, 0.3) is 5.91 Å². The zero-order chi connectivity index (χ0) is 19.4. The Morgan fingerprint density at radius 3 is 2.22 bits per heavy atom. The first kappa shape index (κ1) is 20.0. The molecule has 0 saturated carbocycles. The molecule has 0 aliphatic carbocycles. The van der Waals surface area contributed by atoms with Crippen molar-refractivity contribution in [3.63, 3.8) is 0 Å². The Bertz CT molecular complexity index is 919. The maximum absolute atomic E-state index is 12.8. The molecule has 2 aromatic carbocycles. The summed E-state index contributed by atoms with van der Waals surface area (Å²) in [5, 5.41) is 2.84. The van der Waals surface area contributed by atoms with Crippen LogP contribution in [0, 0.1) is 6.92 Å². The summed E-state index contributed by atoms with van der Waals surface area (Å²) in [4.78, 5) is 12.7. The van der Waals surface area contributed by atoms with Crippen molar-refractivity contribution in [2.75, 3.05) is 18.4 Å². The van der Waals surface area contributed by atoms with Gasteiger partial charge in [-0.3, -0.25) is 4.79 Å². The molecule has 27 heavy (non-hydrogen) atoms. The predicted molar refractivity (Wildman–Crippen MR) is 111 cm³/mol.